The monoisotopic (exact) mass is 733 g/mol. The molecule has 6 rings (SSSR count). The van der Waals surface area contributed by atoms with Crippen molar-refractivity contribution < 1.29 is 32.3 Å². The Balaban J connectivity index is 1.28. The van der Waals surface area contributed by atoms with Crippen LogP contribution in [-0.2, 0) is 35.7 Å². The first-order chi connectivity index (χ1) is 24.7. The lowest BCUT2D eigenvalue weighted by atomic mass is 10.0. The number of piperazine rings is 1. The predicted octanol–water partition coefficient (Wildman–Crippen LogP) is 4.26. The number of nitrogens with one attached hydrogen (secondary N) is 3. The molecule has 0 aromatic heterocycles. The van der Waals surface area contributed by atoms with Gasteiger partial charge in [-0.15, -0.1) is 0 Å². The van der Waals surface area contributed by atoms with Crippen LogP contribution in [0.4, 0.5) is 4.79 Å². The number of ether oxygens (including phenoxy) is 1. The topological polar surface area (TPSA) is 154 Å². The molecule has 280 valence electrons. The van der Waals surface area contributed by atoms with E-state index in [1.807, 2.05) is 42.5 Å². The van der Waals surface area contributed by atoms with Gasteiger partial charge < -0.3 is 20.3 Å². The van der Waals surface area contributed by atoms with Crippen LogP contribution in [0.15, 0.2) is 66.7 Å². The van der Waals surface area contributed by atoms with Crippen molar-refractivity contribution in [3.63, 3.8) is 0 Å². The molecule has 0 radical (unpaired) electrons. The number of allylic oxidation sites excluding steroid dienone is 1. The van der Waals surface area contributed by atoms with E-state index in [9.17, 15) is 27.6 Å². The third-order valence-corrected chi connectivity index (χ3v) is 12.0. The molecular formula is C39H51N5O7S. The molecule has 4 amide bonds. The number of amides is 4. The van der Waals surface area contributed by atoms with E-state index in [2.05, 4.69) is 44.5 Å². The summed E-state index contributed by atoms with van der Waals surface area (Å²) in [6, 6.07) is 16.3. The molecule has 4 aliphatic rings. The van der Waals surface area contributed by atoms with Crippen molar-refractivity contribution in [3.8, 4) is 11.1 Å². The van der Waals surface area contributed by atoms with Gasteiger partial charge in [0.25, 0.3) is 5.91 Å². The number of carbonyl (C=O) groups is 4. The van der Waals surface area contributed by atoms with Gasteiger partial charge in [-0.05, 0) is 82.1 Å². The summed E-state index contributed by atoms with van der Waals surface area (Å²) in [4.78, 5) is 59.1. The smallest absolute Gasteiger partial charge is 0.408 e. The highest BCUT2D eigenvalue weighted by Gasteiger charge is 2.62. The normalized spacial score (nSPS) is 26.8. The zero-order valence-corrected chi connectivity index (χ0v) is 31.1. The van der Waals surface area contributed by atoms with E-state index in [1.54, 1.807) is 20.8 Å². The van der Waals surface area contributed by atoms with Crippen molar-refractivity contribution in [3.05, 3.63) is 72.3 Å². The van der Waals surface area contributed by atoms with Crippen molar-refractivity contribution in [1.82, 2.24) is 25.2 Å². The minimum Gasteiger partial charge on any atom is -0.444 e. The number of nitrogens with zero attached hydrogens (tertiary/aromatic N) is 2. The lowest BCUT2D eigenvalue weighted by Gasteiger charge is -2.42. The molecule has 3 N–H and O–H groups in total. The molecule has 2 heterocycles. The number of carbonyl (C=O) groups excluding carboxylic acids is 4. The lowest BCUT2D eigenvalue weighted by Crippen LogP contribution is -2.65. The summed E-state index contributed by atoms with van der Waals surface area (Å²) in [5.74, 6) is -2.08. The molecule has 2 aliphatic heterocycles. The zero-order chi connectivity index (χ0) is 37.1. The van der Waals surface area contributed by atoms with Gasteiger partial charge >= 0.3 is 6.09 Å². The van der Waals surface area contributed by atoms with E-state index in [0.717, 1.165) is 36.0 Å². The summed E-state index contributed by atoms with van der Waals surface area (Å²) in [7, 11) is -3.86. The van der Waals surface area contributed by atoms with Gasteiger partial charge in [0.05, 0.1) is 5.25 Å². The van der Waals surface area contributed by atoms with Crippen molar-refractivity contribution in [2.24, 2.45) is 5.92 Å². The highest BCUT2D eigenvalue weighted by Crippen LogP contribution is 2.46. The molecule has 0 spiro atoms. The SMILES string of the molecule is CC(C)(C)OC(=O)N[C@H]1CCCCC/C=C/C2C[C@]2(C(=O)NS(=O)(=O)C2CC2)NC(=O)[C@@H]2CN(Cc3cccc(-c4ccccc4)c3)CCN2C1=O. The van der Waals surface area contributed by atoms with Crippen LogP contribution in [0.2, 0.25) is 0 Å². The van der Waals surface area contributed by atoms with Crippen molar-refractivity contribution >= 4 is 33.8 Å². The second kappa shape index (κ2) is 15.4. The highest BCUT2D eigenvalue weighted by molar-refractivity contribution is 7.91. The van der Waals surface area contributed by atoms with Gasteiger partial charge in [0.2, 0.25) is 21.8 Å². The average molecular weight is 734 g/mol. The minimum absolute atomic E-state index is 0.172. The zero-order valence-electron chi connectivity index (χ0n) is 30.3. The molecule has 12 nitrogen and oxygen atoms in total. The predicted molar refractivity (Wildman–Crippen MR) is 197 cm³/mol. The molecule has 2 saturated carbocycles. The largest absolute Gasteiger partial charge is 0.444 e. The van der Waals surface area contributed by atoms with E-state index < -0.39 is 62.3 Å². The van der Waals surface area contributed by atoms with E-state index in [1.165, 1.54) is 4.90 Å². The Morgan fingerprint density at radius 1 is 0.962 bits per heavy atom. The van der Waals surface area contributed by atoms with Crippen molar-refractivity contribution in [2.45, 2.75) is 107 Å². The number of rotatable bonds is 7. The second-order valence-electron chi connectivity index (χ2n) is 15.6. The molecule has 2 aliphatic carbocycles. The maximum Gasteiger partial charge on any atom is 0.408 e. The van der Waals surface area contributed by atoms with Gasteiger partial charge in [-0.25, -0.2) is 13.2 Å². The van der Waals surface area contributed by atoms with Crippen LogP contribution in [0.3, 0.4) is 0 Å². The number of sulfonamides is 1. The summed E-state index contributed by atoms with van der Waals surface area (Å²) in [6.45, 7) is 6.62. The van der Waals surface area contributed by atoms with Crippen LogP contribution in [0.1, 0.15) is 77.7 Å². The van der Waals surface area contributed by atoms with E-state index >= 15 is 0 Å². The minimum atomic E-state index is -3.86. The molecule has 0 bridgehead atoms. The van der Waals surface area contributed by atoms with Gasteiger partial charge in [0.15, 0.2) is 0 Å². The summed E-state index contributed by atoms with van der Waals surface area (Å²) in [5, 5.41) is 5.12. The Bertz CT molecular complexity index is 1790. The maximum atomic E-state index is 14.4. The van der Waals surface area contributed by atoms with Gasteiger partial charge in [-0.2, -0.15) is 0 Å². The van der Waals surface area contributed by atoms with Gasteiger partial charge in [0.1, 0.15) is 23.2 Å². The number of alkyl carbamates (subject to hydrolysis) is 1. The lowest BCUT2D eigenvalue weighted by molar-refractivity contribution is -0.146. The van der Waals surface area contributed by atoms with Gasteiger partial charge in [-0.1, -0.05) is 73.5 Å². The molecule has 2 aromatic carbocycles. The molecule has 2 aromatic rings. The Morgan fingerprint density at radius 2 is 1.71 bits per heavy atom. The van der Waals surface area contributed by atoms with E-state index in [4.69, 9.17) is 4.74 Å². The van der Waals surface area contributed by atoms with Crippen LogP contribution < -0.4 is 15.4 Å². The third kappa shape index (κ3) is 9.22. The van der Waals surface area contributed by atoms with Crippen molar-refractivity contribution in [2.75, 3.05) is 19.6 Å². The highest BCUT2D eigenvalue weighted by atomic mass is 32.2. The van der Waals surface area contributed by atoms with Gasteiger partial charge in [0, 0.05) is 32.1 Å². The Labute approximate surface area is 306 Å². The summed E-state index contributed by atoms with van der Waals surface area (Å²) >= 11 is 0. The van der Waals surface area contributed by atoms with Crippen molar-refractivity contribution in [1.29, 1.82) is 0 Å². The van der Waals surface area contributed by atoms with Crippen LogP contribution in [0.5, 0.6) is 0 Å². The van der Waals surface area contributed by atoms with Crippen LogP contribution in [0.25, 0.3) is 11.1 Å². The Hall–Kier alpha value is -4.23. The van der Waals surface area contributed by atoms with Gasteiger partial charge in [-0.3, -0.25) is 24.0 Å². The third-order valence-electron chi connectivity index (χ3n) is 10.2. The van der Waals surface area contributed by atoms with Crippen LogP contribution in [-0.4, -0.2) is 90.1 Å². The number of benzene rings is 2. The first-order valence-electron chi connectivity index (χ1n) is 18.5. The van der Waals surface area contributed by atoms with Crippen LogP contribution in [0, 0.1) is 5.92 Å². The standard InChI is InChI=1S/C39H51N5O7S/c1-38(2,3)51-37(48)40-32-18-11-6-4-5-10-17-30-24-39(30,36(47)42-52(49,50)31-19-20-31)41-34(45)33-26-43(21-22-44(33)35(32)46)25-27-13-12-16-29(23-27)28-14-8-7-9-15-28/h7-10,12-17,23,30-33H,4-6,11,18-22,24-26H2,1-3H3,(H,40,48)(H,41,45)(H,42,47)/b17-10+/t30?,32-,33-,39-/m0/s1. The quantitative estimate of drug-likeness (QED) is 0.357. The molecule has 13 heteroatoms. The molecule has 3 fully saturated rings. The first kappa shape index (κ1) is 37.5. The molecule has 4 atom stereocenters. The molecule has 52 heavy (non-hydrogen) atoms. The Morgan fingerprint density at radius 3 is 2.44 bits per heavy atom. The average Bonchev–Trinajstić information content (AvgIpc) is 4.03. The number of fused-ring (bicyclic) bond motifs is 2. The summed E-state index contributed by atoms with van der Waals surface area (Å²) < 4.78 is 33.4. The fraction of sp³-hybridized carbons (Fsp3) is 0.538. The number of hydrogen-bond acceptors (Lipinski definition) is 8. The summed E-state index contributed by atoms with van der Waals surface area (Å²) in [6.07, 6.45) is 7.78. The first-order valence-corrected chi connectivity index (χ1v) is 20.0. The Kier molecular flexibility index (Phi) is 11.1. The second-order valence-corrected chi connectivity index (χ2v) is 17.5. The van der Waals surface area contributed by atoms with E-state index in [0.29, 0.717) is 38.8 Å². The fourth-order valence-corrected chi connectivity index (χ4v) is 8.50. The van der Waals surface area contributed by atoms with E-state index in [-0.39, 0.29) is 25.4 Å². The maximum absolute atomic E-state index is 14.4. The molecular weight excluding hydrogens is 683 g/mol. The fourth-order valence-electron chi connectivity index (χ4n) is 7.13. The van der Waals surface area contributed by atoms with Crippen LogP contribution >= 0.6 is 0 Å². The number of hydrogen-bond donors (Lipinski definition) is 3. The molecule has 1 saturated heterocycles. The summed E-state index contributed by atoms with van der Waals surface area (Å²) in [5.41, 5.74) is 0.969. The molecule has 1 unspecified atom stereocenters.